The summed E-state index contributed by atoms with van der Waals surface area (Å²) in [6, 6.07) is 7.35. The van der Waals surface area contributed by atoms with Crippen LogP contribution in [-0.2, 0) is 10.3 Å². The number of aliphatic hydroxyl groups is 2. The molecule has 2 atom stereocenters. The summed E-state index contributed by atoms with van der Waals surface area (Å²) >= 11 is 0. The van der Waals surface area contributed by atoms with E-state index in [0.29, 0.717) is 32.2 Å². The number of benzene rings is 1. The molecule has 170 valence electrons. The molecule has 1 aliphatic heterocycles. The molecule has 3 N–H and O–H groups in total. The van der Waals surface area contributed by atoms with Crippen LogP contribution in [0.2, 0.25) is 0 Å². The number of allylic oxidation sites excluding steroid dienone is 3. The van der Waals surface area contributed by atoms with Gasteiger partial charge in [0.2, 0.25) is 0 Å². The van der Waals surface area contributed by atoms with Gasteiger partial charge in [-0.1, -0.05) is 48.1 Å². The molecule has 1 aromatic carbocycles. The minimum Gasteiger partial charge on any atom is -0.449 e. The quantitative estimate of drug-likeness (QED) is 0.575. The van der Waals surface area contributed by atoms with E-state index in [2.05, 4.69) is 30.5 Å². The SMILES string of the molecule is CC1=CCC(COC(=O)N2CCC(CNC(O)c3ccc(C(C)(C)O)cc3)CC2)C=C1. The molecule has 1 fully saturated rings. The molecule has 0 spiro atoms. The number of hydrogen-bond donors (Lipinski definition) is 3. The zero-order chi connectivity index (χ0) is 22.4. The van der Waals surface area contributed by atoms with E-state index >= 15 is 0 Å². The highest BCUT2D eigenvalue weighted by Gasteiger charge is 2.25. The molecule has 2 aliphatic rings. The Labute approximate surface area is 185 Å². The molecule has 0 radical (unpaired) electrons. The van der Waals surface area contributed by atoms with Crippen LogP contribution in [0.1, 0.15) is 57.4 Å². The summed E-state index contributed by atoms with van der Waals surface area (Å²) in [5.74, 6) is 0.678. The van der Waals surface area contributed by atoms with Gasteiger partial charge in [0.25, 0.3) is 0 Å². The van der Waals surface area contributed by atoms with Crippen LogP contribution in [0, 0.1) is 11.8 Å². The van der Waals surface area contributed by atoms with E-state index in [-0.39, 0.29) is 12.0 Å². The number of amides is 1. The Morgan fingerprint density at radius 3 is 2.52 bits per heavy atom. The van der Waals surface area contributed by atoms with Gasteiger partial charge in [0, 0.05) is 25.6 Å². The van der Waals surface area contributed by atoms with Gasteiger partial charge < -0.3 is 19.8 Å². The normalized spacial score (nSPS) is 21.0. The number of rotatable bonds is 7. The van der Waals surface area contributed by atoms with Crippen molar-refractivity contribution in [3.63, 3.8) is 0 Å². The zero-order valence-corrected chi connectivity index (χ0v) is 18.9. The fraction of sp³-hybridized carbons (Fsp3) is 0.560. The lowest BCUT2D eigenvalue weighted by molar-refractivity contribution is 0.0759. The predicted octanol–water partition coefficient (Wildman–Crippen LogP) is 3.87. The van der Waals surface area contributed by atoms with E-state index in [9.17, 15) is 15.0 Å². The van der Waals surface area contributed by atoms with Crippen molar-refractivity contribution in [1.29, 1.82) is 0 Å². The third-order valence-corrected chi connectivity index (χ3v) is 6.20. The highest BCUT2D eigenvalue weighted by Crippen LogP contribution is 2.23. The topological polar surface area (TPSA) is 82.0 Å². The Morgan fingerprint density at radius 2 is 1.94 bits per heavy atom. The summed E-state index contributed by atoms with van der Waals surface area (Å²) in [6.07, 6.45) is 8.09. The molecule has 1 aromatic rings. The van der Waals surface area contributed by atoms with E-state index in [0.717, 1.165) is 30.4 Å². The van der Waals surface area contributed by atoms with Crippen molar-refractivity contribution in [2.45, 2.75) is 51.9 Å². The highest BCUT2D eigenvalue weighted by atomic mass is 16.6. The molecule has 2 unspecified atom stereocenters. The van der Waals surface area contributed by atoms with Crippen molar-refractivity contribution in [2.24, 2.45) is 11.8 Å². The largest absolute Gasteiger partial charge is 0.449 e. The second-order valence-electron chi connectivity index (χ2n) is 9.30. The molecule has 6 nitrogen and oxygen atoms in total. The van der Waals surface area contributed by atoms with Gasteiger partial charge in [-0.25, -0.2) is 4.79 Å². The van der Waals surface area contributed by atoms with Gasteiger partial charge in [0.15, 0.2) is 0 Å². The summed E-state index contributed by atoms with van der Waals surface area (Å²) in [7, 11) is 0. The van der Waals surface area contributed by atoms with E-state index < -0.39 is 11.8 Å². The molecular formula is C25H36N2O4. The molecule has 31 heavy (non-hydrogen) atoms. The number of carbonyl (C=O) groups excluding carboxylic acids is 1. The Kier molecular flexibility index (Phi) is 7.92. The smallest absolute Gasteiger partial charge is 0.409 e. The lowest BCUT2D eigenvalue weighted by Crippen LogP contribution is -2.41. The third kappa shape index (κ3) is 6.92. The summed E-state index contributed by atoms with van der Waals surface area (Å²) in [5.41, 5.74) is 1.95. The van der Waals surface area contributed by atoms with Crippen molar-refractivity contribution in [1.82, 2.24) is 10.2 Å². The van der Waals surface area contributed by atoms with E-state index in [4.69, 9.17) is 4.74 Å². The molecule has 0 aromatic heterocycles. The van der Waals surface area contributed by atoms with Crippen LogP contribution < -0.4 is 5.32 Å². The van der Waals surface area contributed by atoms with Crippen molar-refractivity contribution in [2.75, 3.05) is 26.2 Å². The van der Waals surface area contributed by atoms with Gasteiger partial charge in [0.1, 0.15) is 6.23 Å². The molecule has 6 heteroatoms. The van der Waals surface area contributed by atoms with Crippen molar-refractivity contribution < 1.29 is 19.7 Å². The van der Waals surface area contributed by atoms with Crippen LogP contribution in [0.5, 0.6) is 0 Å². The molecule has 0 bridgehead atoms. The second-order valence-corrected chi connectivity index (χ2v) is 9.30. The molecule has 1 amide bonds. The summed E-state index contributed by atoms with van der Waals surface area (Å²) < 4.78 is 5.51. The molecule has 1 aliphatic carbocycles. The third-order valence-electron chi connectivity index (χ3n) is 6.20. The lowest BCUT2D eigenvalue weighted by Gasteiger charge is -2.32. The Balaban J connectivity index is 1.36. The van der Waals surface area contributed by atoms with Crippen LogP contribution in [0.3, 0.4) is 0 Å². The number of carbonyl (C=O) groups is 1. The van der Waals surface area contributed by atoms with E-state index in [1.54, 1.807) is 18.7 Å². The maximum absolute atomic E-state index is 12.4. The first-order chi connectivity index (χ1) is 14.7. The van der Waals surface area contributed by atoms with Gasteiger partial charge in [-0.15, -0.1) is 0 Å². The maximum atomic E-state index is 12.4. The number of hydrogen-bond acceptors (Lipinski definition) is 5. The highest BCUT2D eigenvalue weighted by molar-refractivity contribution is 5.67. The van der Waals surface area contributed by atoms with Crippen LogP contribution in [-0.4, -0.2) is 47.4 Å². The second kappa shape index (κ2) is 10.4. The Hall–Kier alpha value is -2.15. The number of nitrogens with one attached hydrogen (secondary N) is 1. The van der Waals surface area contributed by atoms with Gasteiger partial charge in [0.05, 0.1) is 12.2 Å². The fourth-order valence-electron chi connectivity index (χ4n) is 3.95. The number of aliphatic hydroxyl groups excluding tert-OH is 1. The summed E-state index contributed by atoms with van der Waals surface area (Å²) in [6.45, 7) is 8.04. The Bertz CT molecular complexity index is 787. The van der Waals surface area contributed by atoms with Crippen molar-refractivity contribution in [3.8, 4) is 0 Å². The van der Waals surface area contributed by atoms with Crippen LogP contribution in [0.4, 0.5) is 4.79 Å². The Morgan fingerprint density at radius 1 is 1.26 bits per heavy atom. The van der Waals surface area contributed by atoms with E-state index in [1.807, 2.05) is 24.3 Å². The molecule has 1 saturated heterocycles. The van der Waals surface area contributed by atoms with Crippen LogP contribution in [0.25, 0.3) is 0 Å². The first-order valence-electron chi connectivity index (χ1n) is 11.2. The fourth-order valence-corrected chi connectivity index (χ4v) is 3.95. The van der Waals surface area contributed by atoms with Gasteiger partial charge in [-0.3, -0.25) is 5.32 Å². The van der Waals surface area contributed by atoms with Crippen molar-refractivity contribution in [3.05, 3.63) is 59.2 Å². The number of nitrogens with zero attached hydrogens (tertiary/aromatic N) is 1. The minimum absolute atomic E-state index is 0.224. The van der Waals surface area contributed by atoms with Crippen LogP contribution >= 0.6 is 0 Å². The average Bonchev–Trinajstić information content (AvgIpc) is 2.76. The number of ether oxygens (including phenoxy) is 1. The lowest BCUT2D eigenvalue weighted by atomic mass is 9.96. The van der Waals surface area contributed by atoms with Crippen molar-refractivity contribution >= 4 is 6.09 Å². The molecular weight excluding hydrogens is 392 g/mol. The van der Waals surface area contributed by atoms with Gasteiger partial charge in [-0.05, 0) is 57.1 Å². The average molecular weight is 429 g/mol. The first-order valence-corrected chi connectivity index (χ1v) is 11.2. The van der Waals surface area contributed by atoms with Crippen LogP contribution in [0.15, 0.2) is 48.1 Å². The number of likely N-dealkylation sites (tertiary alicyclic amines) is 1. The molecule has 1 heterocycles. The summed E-state index contributed by atoms with van der Waals surface area (Å²) in [4.78, 5) is 14.1. The van der Waals surface area contributed by atoms with E-state index in [1.165, 1.54) is 5.57 Å². The predicted molar refractivity (Wildman–Crippen MR) is 121 cm³/mol. The standard InChI is InChI=1S/C25H36N2O4/c1-18-4-6-20(7-5-18)17-31-24(29)27-14-12-19(13-15-27)16-26-23(28)21-8-10-22(11-9-21)25(2,3)30/h4-6,8-11,19-20,23,26,28,30H,7,12-17H2,1-3H3. The van der Waals surface area contributed by atoms with Gasteiger partial charge >= 0.3 is 6.09 Å². The molecule has 0 saturated carbocycles. The summed E-state index contributed by atoms with van der Waals surface area (Å²) in [5, 5.41) is 23.7. The zero-order valence-electron chi connectivity index (χ0n) is 18.9. The minimum atomic E-state index is -0.894. The first kappa shape index (κ1) is 23.5. The number of piperidine rings is 1. The van der Waals surface area contributed by atoms with Gasteiger partial charge in [-0.2, -0.15) is 0 Å². The maximum Gasteiger partial charge on any atom is 0.409 e. The molecule has 3 rings (SSSR count). The monoisotopic (exact) mass is 428 g/mol.